The Balaban J connectivity index is 2.17. The quantitative estimate of drug-likeness (QED) is 0.811. The highest BCUT2D eigenvalue weighted by molar-refractivity contribution is 5.84. The van der Waals surface area contributed by atoms with Gasteiger partial charge in [0.25, 0.3) is 0 Å². The second-order valence-corrected chi connectivity index (χ2v) is 7.20. The minimum atomic E-state index is -0.349. The number of amides is 1. The van der Waals surface area contributed by atoms with Crippen molar-refractivity contribution in [3.05, 3.63) is 17.7 Å². The van der Waals surface area contributed by atoms with Crippen LogP contribution in [0.25, 0.3) is 0 Å². The molecule has 1 amide bonds. The first-order valence-electron chi connectivity index (χ1n) is 8.77. The maximum atomic E-state index is 13.0. The van der Waals surface area contributed by atoms with E-state index in [0.29, 0.717) is 12.5 Å². The van der Waals surface area contributed by atoms with Gasteiger partial charge in [0.2, 0.25) is 5.91 Å². The standard InChI is InChI=1S/C18H29N3O3/c1-11(2)13(9-16(22)24-5)18(23)21-8-6-7-15(21)17-19-10-14(20-17)12(3)4/h10-13,15H,6-9H2,1-5H3,(H,19,20)/t13-,15-/m0/s1. The molecule has 1 N–H and O–H groups in total. The van der Waals surface area contributed by atoms with Crippen LogP contribution in [-0.2, 0) is 14.3 Å². The lowest BCUT2D eigenvalue weighted by Crippen LogP contribution is -2.39. The highest BCUT2D eigenvalue weighted by atomic mass is 16.5. The molecule has 134 valence electrons. The number of aromatic nitrogens is 2. The summed E-state index contributed by atoms with van der Waals surface area (Å²) in [5.41, 5.74) is 1.08. The summed E-state index contributed by atoms with van der Waals surface area (Å²) in [5.74, 6) is 0.654. The predicted molar refractivity (Wildman–Crippen MR) is 91.3 cm³/mol. The fraction of sp³-hybridized carbons (Fsp3) is 0.722. The summed E-state index contributed by atoms with van der Waals surface area (Å²) in [6.07, 6.45) is 3.85. The van der Waals surface area contributed by atoms with E-state index >= 15 is 0 Å². The van der Waals surface area contributed by atoms with Crippen molar-refractivity contribution in [1.29, 1.82) is 0 Å². The number of aromatic amines is 1. The van der Waals surface area contributed by atoms with Crippen molar-refractivity contribution in [2.45, 2.75) is 58.9 Å². The fourth-order valence-electron chi connectivity index (χ4n) is 3.21. The molecule has 0 bridgehead atoms. The van der Waals surface area contributed by atoms with Crippen molar-refractivity contribution >= 4 is 11.9 Å². The lowest BCUT2D eigenvalue weighted by atomic mass is 9.91. The third-order valence-corrected chi connectivity index (χ3v) is 4.82. The highest BCUT2D eigenvalue weighted by Crippen LogP contribution is 2.34. The third-order valence-electron chi connectivity index (χ3n) is 4.82. The van der Waals surface area contributed by atoms with Crippen LogP contribution in [0, 0.1) is 11.8 Å². The number of likely N-dealkylation sites (tertiary alicyclic amines) is 1. The Hall–Kier alpha value is -1.85. The zero-order valence-electron chi connectivity index (χ0n) is 15.3. The van der Waals surface area contributed by atoms with Crippen molar-refractivity contribution in [3.63, 3.8) is 0 Å². The highest BCUT2D eigenvalue weighted by Gasteiger charge is 2.37. The monoisotopic (exact) mass is 335 g/mol. The minimum Gasteiger partial charge on any atom is -0.469 e. The summed E-state index contributed by atoms with van der Waals surface area (Å²) in [6.45, 7) is 8.88. The second kappa shape index (κ2) is 7.81. The summed E-state index contributed by atoms with van der Waals surface area (Å²) in [5, 5.41) is 0. The Morgan fingerprint density at radius 2 is 2.08 bits per heavy atom. The van der Waals surface area contributed by atoms with E-state index in [2.05, 4.69) is 23.8 Å². The van der Waals surface area contributed by atoms with Crippen molar-refractivity contribution in [2.24, 2.45) is 11.8 Å². The Morgan fingerprint density at radius 3 is 2.62 bits per heavy atom. The molecule has 0 radical (unpaired) electrons. The predicted octanol–water partition coefficient (Wildman–Crippen LogP) is 3.03. The lowest BCUT2D eigenvalue weighted by molar-refractivity contribution is -0.148. The molecule has 1 aliphatic rings. The molecule has 1 aliphatic heterocycles. The first-order chi connectivity index (χ1) is 11.3. The van der Waals surface area contributed by atoms with Gasteiger partial charge in [-0.25, -0.2) is 4.98 Å². The SMILES string of the molecule is COC(=O)C[C@H](C(=O)N1CCC[C@H]1c1ncc(C(C)C)[nH]1)C(C)C. The molecule has 0 spiro atoms. The van der Waals surface area contributed by atoms with E-state index in [1.54, 1.807) is 0 Å². The Kier molecular flexibility index (Phi) is 6.02. The molecule has 2 atom stereocenters. The maximum absolute atomic E-state index is 13.0. The number of rotatable bonds is 6. The van der Waals surface area contributed by atoms with Crippen molar-refractivity contribution in [1.82, 2.24) is 14.9 Å². The molecular formula is C18H29N3O3. The van der Waals surface area contributed by atoms with Crippen LogP contribution in [0.5, 0.6) is 0 Å². The number of ether oxygens (including phenoxy) is 1. The van der Waals surface area contributed by atoms with Gasteiger partial charge in [0, 0.05) is 18.4 Å². The van der Waals surface area contributed by atoms with E-state index in [0.717, 1.165) is 24.4 Å². The van der Waals surface area contributed by atoms with Crippen molar-refractivity contribution in [3.8, 4) is 0 Å². The van der Waals surface area contributed by atoms with Gasteiger partial charge >= 0.3 is 5.97 Å². The van der Waals surface area contributed by atoms with Crippen LogP contribution in [0.3, 0.4) is 0 Å². The zero-order chi connectivity index (χ0) is 17.9. The van der Waals surface area contributed by atoms with Crippen LogP contribution >= 0.6 is 0 Å². The summed E-state index contributed by atoms with van der Waals surface area (Å²) in [7, 11) is 1.36. The number of hydrogen-bond donors (Lipinski definition) is 1. The molecule has 0 aliphatic carbocycles. The Bertz CT molecular complexity index is 580. The normalized spacial score (nSPS) is 19.1. The summed E-state index contributed by atoms with van der Waals surface area (Å²) in [4.78, 5) is 34.4. The number of methoxy groups -OCH3 is 1. The topological polar surface area (TPSA) is 75.3 Å². The van der Waals surface area contributed by atoms with Gasteiger partial charge in [-0.3, -0.25) is 9.59 Å². The van der Waals surface area contributed by atoms with Gasteiger partial charge in [-0.2, -0.15) is 0 Å². The number of H-pyrrole nitrogens is 1. The van der Waals surface area contributed by atoms with E-state index in [1.165, 1.54) is 7.11 Å². The van der Waals surface area contributed by atoms with Gasteiger partial charge in [0.05, 0.1) is 25.5 Å². The Morgan fingerprint density at radius 1 is 1.38 bits per heavy atom. The molecule has 2 rings (SSSR count). The first kappa shape index (κ1) is 18.5. The van der Waals surface area contributed by atoms with Crippen LogP contribution in [0.15, 0.2) is 6.20 Å². The van der Waals surface area contributed by atoms with E-state index < -0.39 is 0 Å². The number of nitrogens with zero attached hydrogens (tertiary/aromatic N) is 2. The molecule has 1 saturated heterocycles. The fourth-order valence-corrected chi connectivity index (χ4v) is 3.21. The van der Waals surface area contributed by atoms with Crippen LogP contribution in [-0.4, -0.2) is 40.4 Å². The van der Waals surface area contributed by atoms with Gasteiger partial charge in [-0.1, -0.05) is 27.7 Å². The molecule has 0 aromatic carbocycles. The van der Waals surface area contributed by atoms with Gasteiger partial charge in [-0.05, 0) is 24.7 Å². The second-order valence-electron chi connectivity index (χ2n) is 7.20. The average Bonchev–Trinajstić information content (AvgIpc) is 3.19. The van der Waals surface area contributed by atoms with Gasteiger partial charge in [-0.15, -0.1) is 0 Å². The maximum Gasteiger partial charge on any atom is 0.306 e. The summed E-state index contributed by atoms with van der Waals surface area (Å²) < 4.78 is 4.76. The van der Waals surface area contributed by atoms with E-state index in [9.17, 15) is 9.59 Å². The van der Waals surface area contributed by atoms with Gasteiger partial charge in [0.1, 0.15) is 5.82 Å². The molecule has 24 heavy (non-hydrogen) atoms. The minimum absolute atomic E-state index is 0.0242. The number of carbonyl (C=O) groups excluding carboxylic acids is 2. The zero-order valence-corrected chi connectivity index (χ0v) is 15.3. The first-order valence-corrected chi connectivity index (χ1v) is 8.77. The smallest absolute Gasteiger partial charge is 0.306 e. The molecular weight excluding hydrogens is 306 g/mol. The molecule has 1 fully saturated rings. The van der Waals surface area contributed by atoms with Crippen LogP contribution in [0.4, 0.5) is 0 Å². The number of carbonyl (C=O) groups is 2. The van der Waals surface area contributed by atoms with E-state index in [1.807, 2.05) is 24.9 Å². The molecule has 6 nitrogen and oxygen atoms in total. The largest absolute Gasteiger partial charge is 0.469 e. The number of nitrogens with one attached hydrogen (secondary N) is 1. The summed E-state index contributed by atoms with van der Waals surface area (Å²) >= 11 is 0. The lowest BCUT2D eigenvalue weighted by Gasteiger charge is -2.29. The molecule has 2 heterocycles. The molecule has 6 heteroatoms. The van der Waals surface area contributed by atoms with Gasteiger partial charge < -0.3 is 14.6 Å². The third kappa shape index (κ3) is 3.97. The Labute approximate surface area is 144 Å². The van der Waals surface area contributed by atoms with Crippen molar-refractivity contribution in [2.75, 3.05) is 13.7 Å². The summed E-state index contributed by atoms with van der Waals surface area (Å²) in [6, 6.07) is -0.0242. The molecule has 1 aromatic rings. The average molecular weight is 335 g/mol. The molecule has 0 unspecified atom stereocenters. The van der Waals surface area contributed by atoms with E-state index in [4.69, 9.17) is 4.74 Å². The van der Waals surface area contributed by atoms with Crippen LogP contribution < -0.4 is 0 Å². The molecule has 0 saturated carbocycles. The number of hydrogen-bond acceptors (Lipinski definition) is 4. The molecule has 1 aromatic heterocycles. The van der Waals surface area contributed by atoms with Crippen LogP contribution in [0.2, 0.25) is 0 Å². The van der Waals surface area contributed by atoms with Crippen LogP contribution in [0.1, 0.15) is 70.4 Å². The van der Waals surface area contributed by atoms with E-state index in [-0.39, 0.29) is 36.2 Å². The number of esters is 1. The van der Waals surface area contributed by atoms with Gasteiger partial charge in [0.15, 0.2) is 0 Å². The number of imidazole rings is 1. The van der Waals surface area contributed by atoms with Crippen molar-refractivity contribution < 1.29 is 14.3 Å².